The average molecular weight is 297 g/mol. The van der Waals surface area contributed by atoms with E-state index in [1.54, 1.807) is 19.5 Å². The molecule has 0 amide bonds. The van der Waals surface area contributed by atoms with Crippen LogP contribution in [-0.2, 0) is 4.74 Å². The molecule has 22 heavy (non-hydrogen) atoms. The number of imidazole rings is 1. The molecule has 1 aromatic heterocycles. The zero-order chi connectivity index (χ0) is 15.4. The Kier molecular flexibility index (Phi) is 4.34. The zero-order valence-corrected chi connectivity index (χ0v) is 12.8. The number of nitrogens with one attached hydrogen (secondary N) is 1. The minimum Gasteiger partial charge on any atom is -0.496 e. The molecular weight excluding hydrogens is 278 g/mol. The summed E-state index contributed by atoms with van der Waals surface area (Å²) in [6, 6.07) is 6.02. The first-order valence-corrected chi connectivity index (χ1v) is 7.28. The van der Waals surface area contributed by atoms with Gasteiger partial charge in [-0.3, -0.25) is 0 Å². The summed E-state index contributed by atoms with van der Waals surface area (Å²) in [6.45, 7) is 3.35. The molecule has 5 nitrogen and oxygen atoms in total. The van der Waals surface area contributed by atoms with Gasteiger partial charge in [0, 0.05) is 24.0 Å². The first-order valence-electron chi connectivity index (χ1n) is 7.28. The third-order valence-electron chi connectivity index (χ3n) is 3.63. The summed E-state index contributed by atoms with van der Waals surface area (Å²) in [4.78, 5) is 11.9. The van der Waals surface area contributed by atoms with Crippen molar-refractivity contribution in [3.8, 4) is 5.75 Å². The lowest BCUT2D eigenvalue weighted by atomic mass is 10.00. The Bertz CT molecular complexity index is 703. The summed E-state index contributed by atoms with van der Waals surface area (Å²) in [7, 11) is 1.69. The molecular formula is C17H19N3O2. The van der Waals surface area contributed by atoms with Crippen LogP contribution >= 0.6 is 0 Å². The summed E-state index contributed by atoms with van der Waals surface area (Å²) in [5.41, 5.74) is 4.06. The van der Waals surface area contributed by atoms with Gasteiger partial charge in [0.25, 0.3) is 0 Å². The fourth-order valence-corrected chi connectivity index (χ4v) is 2.50. The average Bonchev–Trinajstić information content (AvgIpc) is 3.10. The van der Waals surface area contributed by atoms with E-state index in [2.05, 4.69) is 27.1 Å². The van der Waals surface area contributed by atoms with Crippen molar-refractivity contribution < 1.29 is 9.47 Å². The van der Waals surface area contributed by atoms with Gasteiger partial charge in [0.05, 0.1) is 31.7 Å². The standard InChI is InChI=1S/C17H19N3O2/c1-12(17-18-7-8-19-17)20-14-3-4-15(16(11-14)21-2)13-5-9-22-10-6-13/h3-5,7-8,11H,6,9-10H2,1-2H3,(H,18,19). The van der Waals surface area contributed by atoms with Crippen LogP contribution in [0.1, 0.15) is 24.7 Å². The van der Waals surface area contributed by atoms with Crippen molar-refractivity contribution in [1.82, 2.24) is 9.97 Å². The minimum absolute atomic E-state index is 0.663. The summed E-state index contributed by atoms with van der Waals surface area (Å²) in [5.74, 6) is 1.61. The van der Waals surface area contributed by atoms with Crippen LogP contribution in [-0.4, -0.2) is 36.0 Å². The van der Waals surface area contributed by atoms with Gasteiger partial charge in [0.2, 0.25) is 0 Å². The van der Waals surface area contributed by atoms with Gasteiger partial charge in [0.15, 0.2) is 5.82 Å². The van der Waals surface area contributed by atoms with Crippen LogP contribution in [0.4, 0.5) is 5.69 Å². The molecule has 5 heteroatoms. The number of H-pyrrole nitrogens is 1. The third kappa shape index (κ3) is 3.09. The fourth-order valence-electron chi connectivity index (χ4n) is 2.50. The van der Waals surface area contributed by atoms with E-state index in [9.17, 15) is 0 Å². The molecule has 0 saturated heterocycles. The highest BCUT2D eigenvalue weighted by Gasteiger charge is 2.12. The molecule has 1 N–H and O–H groups in total. The Morgan fingerprint density at radius 1 is 1.41 bits per heavy atom. The number of aromatic nitrogens is 2. The lowest BCUT2D eigenvalue weighted by Crippen LogP contribution is -2.04. The van der Waals surface area contributed by atoms with Gasteiger partial charge in [-0.05, 0) is 31.1 Å². The van der Waals surface area contributed by atoms with Crippen LogP contribution in [0.2, 0.25) is 0 Å². The molecule has 114 valence electrons. The van der Waals surface area contributed by atoms with Crippen molar-refractivity contribution in [2.45, 2.75) is 13.3 Å². The molecule has 0 bridgehead atoms. The third-order valence-corrected chi connectivity index (χ3v) is 3.63. The van der Waals surface area contributed by atoms with Crippen molar-refractivity contribution in [1.29, 1.82) is 0 Å². The lowest BCUT2D eigenvalue weighted by Gasteiger charge is -2.16. The number of hydrogen-bond acceptors (Lipinski definition) is 4. The molecule has 1 aromatic carbocycles. The normalized spacial score (nSPS) is 15.5. The van der Waals surface area contributed by atoms with Gasteiger partial charge in [0.1, 0.15) is 5.75 Å². The highest BCUT2D eigenvalue weighted by atomic mass is 16.5. The number of aliphatic imine (C=N–C) groups is 1. The summed E-state index contributed by atoms with van der Waals surface area (Å²) in [5, 5.41) is 0. The van der Waals surface area contributed by atoms with Crippen LogP contribution in [0.15, 0.2) is 41.7 Å². The quantitative estimate of drug-likeness (QED) is 0.880. The Morgan fingerprint density at radius 3 is 3.00 bits per heavy atom. The Labute approximate surface area is 129 Å². The molecule has 0 saturated carbocycles. The predicted octanol–water partition coefficient (Wildman–Crippen LogP) is 3.36. The minimum atomic E-state index is 0.663. The van der Waals surface area contributed by atoms with Crippen molar-refractivity contribution in [2.75, 3.05) is 20.3 Å². The van der Waals surface area contributed by atoms with Crippen molar-refractivity contribution in [3.05, 3.63) is 48.1 Å². The molecule has 0 radical (unpaired) electrons. The number of methoxy groups -OCH3 is 1. The van der Waals surface area contributed by atoms with Crippen LogP contribution in [0.3, 0.4) is 0 Å². The highest BCUT2D eigenvalue weighted by molar-refractivity contribution is 5.97. The van der Waals surface area contributed by atoms with Gasteiger partial charge in [-0.2, -0.15) is 0 Å². The Morgan fingerprint density at radius 2 is 2.32 bits per heavy atom. The monoisotopic (exact) mass is 297 g/mol. The van der Waals surface area contributed by atoms with E-state index in [1.165, 1.54) is 5.57 Å². The molecule has 3 rings (SSSR count). The molecule has 1 aliphatic rings. The Balaban J connectivity index is 1.92. The van der Waals surface area contributed by atoms with E-state index in [-0.39, 0.29) is 0 Å². The topological polar surface area (TPSA) is 59.5 Å². The second kappa shape index (κ2) is 6.58. The van der Waals surface area contributed by atoms with Crippen molar-refractivity contribution >= 4 is 17.0 Å². The largest absolute Gasteiger partial charge is 0.496 e. The van der Waals surface area contributed by atoms with Crippen molar-refractivity contribution in [3.63, 3.8) is 0 Å². The van der Waals surface area contributed by atoms with Crippen molar-refractivity contribution in [2.24, 2.45) is 4.99 Å². The second-order valence-corrected chi connectivity index (χ2v) is 5.07. The number of aromatic amines is 1. The van der Waals surface area contributed by atoms with Gasteiger partial charge in [-0.25, -0.2) is 9.98 Å². The molecule has 0 unspecified atom stereocenters. The van der Waals surface area contributed by atoms with Gasteiger partial charge in [-0.15, -0.1) is 0 Å². The number of nitrogens with zero attached hydrogens (tertiary/aromatic N) is 2. The predicted molar refractivity (Wildman–Crippen MR) is 86.9 cm³/mol. The van der Waals surface area contributed by atoms with Gasteiger partial charge < -0.3 is 14.5 Å². The summed E-state index contributed by atoms with van der Waals surface area (Å²) >= 11 is 0. The van der Waals surface area contributed by atoms with E-state index in [4.69, 9.17) is 9.47 Å². The first kappa shape index (κ1) is 14.5. The smallest absolute Gasteiger partial charge is 0.151 e. The molecule has 1 aliphatic heterocycles. The van der Waals surface area contributed by atoms with Crippen LogP contribution in [0.5, 0.6) is 5.75 Å². The van der Waals surface area contributed by atoms with E-state index >= 15 is 0 Å². The maximum absolute atomic E-state index is 5.54. The van der Waals surface area contributed by atoms with Gasteiger partial charge in [-0.1, -0.05) is 6.08 Å². The van der Waals surface area contributed by atoms with E-state index in [0.717, 1.165) is 41.6 Å². The highest BCUT2D eigenvalue weighted by Crippen LogP contribution is 2.33. The van der Waals surface area contributed by atoms with Crippen LogP contribution in [0.25, 0.3) is 5.57 Å². The lowest BCUT2D eigenvalue weighted by molar-refractivity contribution is 0.161. The van der Waals surface area contributed by atoms with Crippen LogP contribution < -0.4 is 4.74 Å². The number of rotatable bonds is 4. The maximum atomic E-state index is 5.54. The first-order chi connectivity index (χ1) is 10.8. The molecule has 0 spiro atoms. The molecule has 0 atom stereocenters. The summed E-state index contributed by atoms with van der Waals surface area (Å²) in [6.07, 6.45) is 6.52. The molecule has 2 heterocycles. The SMILES string of the molecule is COc1cc(N=C(C)c2ncc[nH]2)ccc1C1=CCOCC1. The molecule has 0 aliphatic carbocycles. The second-order valence-electron chi connectivity index (χ2n) is 5.07. The summed E-state index contributed by atoms with van der Waals surface area (Å²) < 4.78 is 10.9. The van der Waals surface area contributed by atoms with E-state index in [0.29, 0.717) is 6.61 Å². The number of benzene rings is 1. The Hall–Kier alpha value is -2.40. The number of ether oxygens (including phenoxy) is 2. The molecule has 0 fully saturated rings. The van der Waals surface area contributed by atoms with E-state index in [1.807, 2.05) is 19.1 Å². The number of hydrogen-bond donors (Lipinski definition) is 1. The maximum Gasteiger partial charge on any atom is 0.151 e. The van der Waals surface area contributed by atoms with E-state index < -0.39 is 0 Å². The van der Waals surface area contributed by atoms with Crippen LogP contribution in [0, 0.1) is 0 Å². The zero-order valence-electron chi connectivity index (χ0n) is 12.8. The van der Waals surface area contributed by atoms with Gasteiger partial charge >= 0.3 is 0 Å². The molecule has 2 aromatic rings. The fraction of sp³-hybridized carbons (Fsp3) is 0.294.